The highest BCUT2D eigenvalue weighted by atomic mass is 32.1. The second-order valence-electron chi connectivity index (χ2n) is 6.23. The molecule has 5 aromatic rings. The Balaban J connectivity index is 1.47. The van der Waals surface area contributed by atoms with Crippen LogP contribution in [0.5, 0.6) is 0 Å². The Bertz CT molecular complexity index is 1350. The predicted molar refractivity (Wildman–Crippen MR) is 116 cm³/mol. The molecule has 5 rings (SSSR count). The molecule has 2 aromatic carbocycles. The van der Waals surface area contributed by atoms with E-state index in [0.717, 1.165) is 21.5 Å². The highest BCUT2D eigenvalue weighted by Gasteiger charge is 2.15. The van der Waals surface area contributed by atoms with Crippen molar-refractivity contribution in [3.8, 4) is 10.6 Å². The molecule has 0 saturated heterocycles. The van der Waals surface area contributed by atoms with Gasteiger partial charge in [-0.1, -0.05) is 41.7 Å². The molecule has 0 aliphatic rings. The monoisotopic (exact) mass is 420 g/mol. The minimum Gasteiger partial charge on any atom is -0.273 e. The van der Waals surface area contributed by atoms with E-state index in [1.54, 1.807) is 29.5 Å². The lowest BCUT2D eigenvalue weighted by Gasteiger charge is -2.10. The number of aromatic nitrogens is 2. The van der Waals surface area contributed by atoms with E-state index in [-0.39, 0.29) is 17.2 Å². The number of nitrogens with one attached hydrogen (secondary N) is 2. The Kier molecular flexibility index (Phi) is 4.42. The van der Waals surface area contributed by atoms with Gasteiger partial charge in [-0.2, -0.15) is 0 Å². The number of nitrogens with zero attached hydrogens (tertiary/aromatic N) is 2. The number of hydrogen-bond donors (Lipinski definition) is 2. The first-order valence-electron chi connectivity index (χ1n) is 8.74. The average Bonchev–Trinajstić information content (AvgIpc) is 3.42. The van der Waals surface area contributed by atoms with Crippen molar-refractivity contribution in [1.82, 2.24) is 15.4 Å². The summed E-state index contributed by atoms with van der Waals surface area (Å²) in [5.74, 6) is -0.708. The smallest absolute Gasteiger partial charge is 0.270 e. The number of hydrogen-bond acceptors (Lipinski definition) is 6. The Morgan fingerprint density at radius 3 is 2.72 bits per heavy atom. The fourth-order valence-corrected chi connectivity index (χ4v) is 4.58. The fourth-order valence-electron chi connectivity index (χ4n) is 3.06. The second kappa shape index (κ2) is 7.23. The number of benzene rings is 2. The molecule has 0 fully saturated rings. The lowest BCUT2D eigenvalue weighted by molar-refractivity contribution is 0.0964. The van der Waals surface area contributed by atoms with Gasteiger partial charge in [-0.15, -0.1) is 11.3 Å². The molecule has 0 saturated carbocycles. The SMILES string of the molecule is O=C(NNc1nc2c(F)cccc2s1)c1cc(-c2cccs2)nc2ccccc12. The summed E-state index contributed by atoms with van der Waals surface area (Å²) in [4.78, 5) is 22.8. The van der Waals surface area contributed by atoms with Crippen LogP contribution in [0, 0.1) is 5.82 Å². The van der Waals surface area contributed by atoms with Gasteiger partial charge in [0.15, 0.2) is 0 Å². The summed E-state index contributed by atoms with van der Waals surface area (Å²) in [5.41, 5.74) is 7.74. The number of anilines is 1. The molecule has 0 bridgehead atoms. The highest BCUT2D eigenvalue weighted by molar-refractivity contribution is 7.22. The Morgan fingerprint density at radius 1 is 1.00 bits per heavy atom. The number of rotatable bonds is 4. The number of thiazole rings is 1. The van der Waals surface area contributed by atoms with E-state index in [9.17, 15) is 9.18 Å². The topological polar surface area (TPSA) is 66.9 Å². The van der Waals surface area contributed by atoms with Crippen LogP contribution >= 0.6 is 22.7 Å². The minimum absolute atomic E-state index is 0.281. The summed E-state index contributed by atoms with van der Waals surface area (Å²) in [6, 6.07) is 18.0. The van der Waals surface area contributed by atoms with Gasteiger partial charge in [-0.05, 0) is 35.7 Å². The Morgan fingerprint density at radius 2 is 1.90 bits per heavy atom. The van der Waals surface area contributed by atoms with Crippen LogP contribution in [-0.2, 0) is 0 Å². The molecule has 1 amide bonds. The van der Waals surface area contributed by atoms with E-state index in [4.69, 9.17) is 0 Å². The van der Waals surface area contributed by atoms with Gasteiger partial charge in [-0.25, -0.2) is 14.4 Å². The quantitative estimate of drug-likeness (QED) is 0.379. The molecule has 2 N–H and O–H groups in total. The van der Waals surface area contributed by atoms with Crippen molar-refractivity contribution < 1.29 is 9.18 Å². The van der Waals surface area contributed by atoms with Crippen LogP contribution in [0.3, 0.4) is 0 Å². The summed E-state index contributed by atoms with van der Waals surface area (Å²) in [7, 11) is 0. The molecule has 8 heteroatoms. The van der Waals surface area contributed by atoms with Crippen LogP contribution in [0.25, 0.3) is 31.7 Å². The number of pyridine rings is 1. The molecule has 5 nitrogen and oxygen atoms in total. The molecular weight excluding hydrogens is 407 g/mol. The van der Waals surface area contributed by atoms with Crippen molar-refractivity contribution in [3.05, 3.63) is 77.4 Å². The fraction of sp³-hybridized carbons (Fsp3) is 0. The molecule has 0 aliphatic heterocycles. The van der Waals surface area contributed by atoms with Gasteiger partial charge in [0.05, 0.1) is 26.4 Å². The maximum Gasteiger partial charge on any atom is 0.270 e. The number of thiophene rings is 1. The number of hydrazine groups is 1. The van der Waals surface area contributed by atoms with Gasteiger partial charge in [0.2, 0.25) is 5.13 Å². The highest BCUT2D eigenvalue weighted by Crippen LogP contribution is 2.29. The van der Waals surface area contributed by atoms with Crippen molar-refractivity contribution >= 4 is 54.8 Å². The van der Waals surface area contributed by atoms with Gasteiger partial charge >= 0.3 is 0 Å². The number of amides is 1. The molecular formula is C21H13FN4OS2. The van der Waals surface area contributed by atoms with Gasteiger partial charge < -0.3 is 0 Å². The zero-order valence-corrected chi connectivity index (χ0v) is 16.5. The Labute approximate surface area is 172 Å². The zero-order chi connectivity index (χ0) is 19.8. The van der Waals surface area contributed by atoms with E-state index >= 15 is 0 Å². The van der Waals surface area contributed by atoms with E-state index in [2.05, 4.69) is 20.8 Å². The van der Waals surface area contributed by atoms with Crippen molar-refractivity contribution in [3.63, 3.8) is 0 Å². The third-order valence-electron chi connectivity index (χ3n) is 4.39. The largest absolute Gasteiger partial charge is 0.273 e. The van der Waals surface area contributed by atoms with E-state index in [1.807, 2.05) is 41.8 Å². The molecule has 0 radical (unpaired) electrons. The molecule has 3 aromatic heterocycles. The summed E-state index contributed by atoms with van der Waals surface area (Å²) >= 11 is 2.83. The van der Waals surface area contributed by atoms with Crippen LogP contribution in [-0.4, -0.2) is 15.9 Å². The van der Waals surface area contributed by atoms with Crippen LogP contribution in [0.2, 0.25) is 0 Å². The van der Waals surface area contributed by atoms with Crippen molar-refractivity contribution in [2.24, 2.45) is 0 Å². The number of carbonyl (C=O) groups excluding carboxylic acids is 1. The zero-order valence-electron chi connectivity index (χ0n) is 14.8. The van der Waals surface area contributed by atoms with Crippen LogP contribution in [0.1, 0.15) is 10.4 Å². The van der Waals surface area contributed by atoms with Crippen LogP contribution in [0.15, 0.2) is 66.0 Å². The number of halogens is 1. The third-order valence-corrected chi connectivity index (χ3v) is 6.22. The first-order chi connectivity index (χ1) is 14.2. The lowest BCUT2D eigenvalue weighted by Crippen LogP contribution is -2.29. The third kappa shape index (κ3) is 3.32. The number of carbonyl (C=O) groups is 1. The maximum atomic E-state index is 13.8. The molecule has 29 heavy (non-hydrogen) atoms. The van der Waals surface area contributed by atoms with Crippen molar-refractivity contribution in [2.45, 2.75) is 0 Å². The minimum atomic E-state index is -0.390. The first kappa shape index (κ1) is 17.7. The summed E-state index contributed by atoms with van der Waals surface area (Å²) in [6.07, 6.45) is 0. The summed E-state index contributed by atoms with van der Waals surface area (Å²) in [6.45, 7) is 0. The van der Waals surface area contributed by atoms with Crippen LogP contribution in [0.4, 0.5) is 9.52 Å². The van der Waals surface area contributed by atoms with E-state index < -0.39 is 0 Å². The molecule has 3 heterocycles. The van der Waals surface area contributed by atoms with E-state index in [0.29, 0.717) is 15.4 Å². The first-order valence-corrected chi connectivity index (χ1v) is 10.4. The molecule has 0 unspecified atom stereocenters. The van der Waals surface area contributed by atoms with E-state index in [1.165, 1.54) is 17.4 Å². The lowest BCUT2D eigenvalue weighted by atomic mass is 10.1. The number of fused-ring (bicyclic) bond motifs is 2. The van der Waals surface area contributed by atoms with Gasteiger partial charge in [0.25, 0.3) is 5.91 Å². The number of para-hydroxylation sites is 2. The van der Waals surface area contributed by atoms with Crippen LogP contribution < -0.4 is 10.9 Å². The molecule has 0 aliphatic carbocycles. The summed E-state index contributed by atoms with van der Waals surface area (Å²) in [5, 5.41) is 3.14. The second-order valence-corrected chi connectivity index (χ2v) is 8.21. The average molecular weight is 420 g/mol. The molecule has 0 spiro atoms. The van der Waals surface area contributed by atoms with Gasteiger partial charge in [-0.3, -0.25) is 15.6 Å². The molecule has 142 valence electrons. The standard InChI is InChI=1S/C21H13FN4OS2/c22-14-6-3-8-18-19(14)24-21(29-18)26-25-20(27)13-11-16(17-9-4-10-28-17)23-15-7-2-1-5-12(13)15/h1-11H,(H,24,26)(H,25,27). The van der Waals surface area contributed by atoms with Crippen molar-refractivity contribution in [2.75, 3.05) is 5.43 Å². The molecule has 0 atom stereocenters. The normalized spacial score (nSPS) is 11.1. The maximum absolute atomic E-state index is 13.8. The summed E-state index contributed by atoms with van der Waals surface area (Å²) < 4.78 is 14.5. The Hall–Kier alpha value is -3.36. The van der Waals surface area contributed by atoms with Gasteiger partial charge in [0, 0.05) is 5.39 Å². The van der Waals surface area contributed by atoms with Crippen molar-refractivity contribution in [1.29, 1.82) is 0 Å². The predicted octanol–water partition coefficient (Wildman–Crippen LogP) is 5.47. The van der Waals surface area contributed by atoms with Gasteiger partial charge in [0.1, 0.15) is 11.3 Å².